The zero-order valence-electron chi connectivity index (χ0n) is 15.4. The molecule has 0 spiro atoms. The molecule has 0 heterocycles. The highest BCUT2D eigenvalue weighted by Gasteiger charge is 2.43. The summed E-state index contributed by atoms with van der Waals surface area (Å²) in [6.07, 6.45) is 6.41. The van der Waals surface area contributed by atoms with Gasteiger partial charge in [0, 0.05) is 16.6 Å². The predicted octanol–water partition coefficient (Wildman–Crippen LogP) is 4.61. The van der Waals surface area contributed by atoms with Crippen LogP contribution in [0.2, 0.25) is 5.02 Å². The second-order valence-electron chi connectivity index (χ2n) is 8.36. The van der Waals surface area contributed by atoms with Crippen molar-refractivity contribution in [3.63, 3.8) is 0 Å². The van der Waals surface area contributed by atoms with Gasteiger partial charge in [-0.1, -0.05) is 25.4 Å². The van der Waals surface area contributed by atoms with E-state index in [0.29, 0.717) is 16.7 Å². The quantitative estimate of drug-likeness (QED) is 0.801. The molecular weight excluding hydrogens is 348 g/mol. The molecule has 1 aromatic rings. The molecule has 146 valence electrons. The maximum Gasteiger partial charge on any atom is 0.263 e. The molecule has 2 saturated carbocycles. The maximum atomic E-state index is 12.9. The van der Waals surface area contributed by atoms with E-state index in [9.17, 15) is 4.79 Å². The molecule has 5 heteroatoms. The van der Waals surface area contributed by atoms with Gasteiger partial charge in [0.1, 0.15) is 5.75 Å². The molecule has 1 amide bonds. The van der Waals surface area contributed by atoms with Gasteiger partial charge in [0.25, 0.3) is 5.91 Å². The number of aryl methyl sites for hydroxylation is 1. The number of nitrogens with one attached hydrogen (secondary N) is 1. The van der Waals surface area contributed by atoms with Gasteiger partial charge in [-0.15, -0.1) is 0 Å². The summed E-state index contributed by atoms with van der Waals surface area (Å²) in [6, 6.07) is 5.65. The third-order valence-corrected chi connectivity index (χ3v) is 6.04. The van der Waals surface area contributed by atoms with Crippen molar-refractivity contribution in [1.82, 2.24) is 5.32 Å². The van der Waals surface area contributed by atoms with Crippen LogP contribution < -0.4 is 15.8 Å². The number of halogens is 1. The van der Waals surface area contributed by atoms with E-state index < -0.39 is 5.60 Å². The number of hydrogen-bond acceptors (Lipinski definition) is 3. The van der Waals surface area contributed by atoms with Crippen LogP contribution in [0.3, 0.4) is 0 Å². The third-order valence-electron chi connectivity index (χ3n) is 5.81. The standard InChI is InChI=1S/C20H29ClN2O2.CH4/c1-13-11-15(21)6-7-17(13)25-19(2,3)18(24)23-16-8-10-20(22)9-4-5-14(16)12-20;/h6-7,11,14,16H,4-5,8-10,12,22H2,1-3H3,(H,23,24);1H4/t14-,16?,20?;/m1./s1. The van der Waals surface area contributed by atoms with Crippen molar-refractivity contribution in [1.29, 1.82) is 0 Å². The number of fused-ring (bicyclic) bond motifs is 2. The average Bonchev–Trinajstić information content (AvgIpc) is 2.53. The largest absolute Gasteiger partial charge is 0.478 e. The Morgan fingerprint density at radius 2 is 2.08 bits per heavy atom. The van der Waals surface area contributed by atoms with E-state index in [1.165, 1.54) is 0 Å². The molecule has 0 radical (unpaired) electrons. The van der Waals surface area contributed by atoms with Crippen LogP contribution in [0.4, 0.5) is 0 Å². The molecule has 0 aromatic heterocycles. The normalized spacial score (nSPS) is 28.0. The lowest BCUT2D eigenvalue weighted by molar-refractivity contribution is -0.136. The SMILES string of the molecule is C.Cc1cc(Cl)ccc1OC(C)(C)C(=O)NC1CCC2(N)CCC[C@@H]1C2. The van der Waals surface area contributed by atoms with Gasteiger partial charge in [-0.2, -0.15) is 0 Å². The van der Waals surface area contributed by atoms with Crippen molar-refractivity contribution >= 4 is 17.5 Å². The van der Waals surface area contributed by atoms with Crippen LogP contribution in [0, 0.1) is 12.8 Å². The van der Waals surface area contributed by atoms with Crippen LogP contribution in [0.25, 0.3) is 0 Å². The lowest BCUT2D eigenvalue weighted by atomic mass is 9.65. The van der Waals surface area contributed by atoms with Crippen LogP contribution in [0.5, 0.6) is 5.75 Å². The molecule has 3 rings (SSSR count). The number of amides is 1. The molecule has 2 bridgehead atoms. The van der Waals surface area contributed by atoms with Crippen molar-refractivity contribution < 1.29 is 9.53 Å². The van der Waals surface area contributed by atoms with Gasteiger partial charge >= 0.3 is 0 Å². The second-order valence-corrected chi connectivity index (χ2v) is 8.80. The zero-order chi connectivity index (χ0) is 18.2. The minimum absolute atomic E-state index is 0. The zero-order valence-corrected chi connectivity index (χ0v) is 16.2. The van der Waals surface area contributed by atoms with Crippen molar-refractivity contribution in [3.8, 4) is 5.75 Å². The second kappa shape index (κ2) is 7.77. The topological polar surface area (TPSA) is 64.3 Å². The first-order valence-corrected chi connectivity index (χ1v) is 9.61. The third kappa shape index (κ3) is 4.52. The summed E-state index contributed by atoms with van der Waals surface area (Å²) in [5, 5.41) is 3.90. The van der Waals surface area contributed by atoms with Crippen LogP contribution in [-0.4, -0.2) is 23.1 Å². The summed E-state index contributed by atoms with van der Waals surface area (Å²) in [5.74, 6) is 1.11. The Bertz CT molecular complexity index is 661. The number of carbonyl (C=O) groups excluding carboxylic acids is 1. The first kappa shape index (κ1) is 21.0. The van der Waals surface area contributed by atoms with Gasteiger partial charge < -0.3 is 15.8 Å². The summed E-state index contributed by atoms with van der Waals surface area (Å²) in [5.41, 5.74) is 6.44. The maximum absolute atomic E-state index is 12.9. The van der Waals surface area contributed by atoms with Gasteiger partial charge in [0.2, 0.25) is 0 Å². The van der Waals surface area contributed by atoms with Gasteiger partial charge in [0.05, 0.1) is 0 Å². The molecule has 26 heavy (non-hydrogen) atoms. The summed E-state index contributed by atoms with van der Waals surface area (Å²) in [6.45, 7) is 5.56. The number of hydrogen-bond donors (Lipinski definition) is 2. The Labute approximate surface area is 162 Å². The molecule has 2 aliphatic carbocycles. The van der Waals surface area contributed by atoms with Crippen molar-refractivity contribution in [3.05, 3.63) is 28.8 Å². The van der Waals surface area contributed by atoms with Crippen LogP contribution in [-0.2, 0) is 4.79 Å². The molecule has 1 aromatic carbocycles. The summed E-state index contributed by atoms with van der Waals surface area (Å²) in [4.78, 5) is 12.9. The Kier molecular flexibility index (Phi) is 6.29. The Balaban J connectivity index is 0.00000243. The Morgan fingerprint density at radius 1 is 1.35 bits per heavy atom. The van der Waals surface area contributed by atoms with Crippen LogP contribution in [0.1, 0.15) is 65.4 Å². The van der Waals surface area contributed by atoms with Crippen molar-refractivity contribution in [2.45, 2.75) is 83.9 Å². The molecule has 0 aliphatic heterocycles. The minimum atomic E-state index is -0.940. The van der Waals surface area contributed by atoms with E-state index >= 15 is 0 Å². The minimum Gasteiger partial charge on any atom is -0.478 e. The molecule has 3 atom stereocenters. The average molecular weight is 381 g/mol. The number of nitrogens with two attached hydrogens (primary N) is 1. The molecule has 4 nitrogen and oxygen atoms in total. The van der Waals surface area contributed by atoms with E-state index in [1.807, 2.05) is 32.9 Å². The van der Waals surface area contributed by atoms with Gasteiger partial charge in [-0.25, -0.2) is 0 Å². The summed E-state index contributed by atoms with van der Waals surface area (Å²) in [7, 11) is 0. The lowest BCUT2D eigenvalue weighted by Gasteiger charge is -2.47. The van der Waals surface area contributed by atoms with Crippen LogP contribution in [0.15, 0.2) is 18.2 Å². The van der Waals surface area contributed by atoms with Gasteiger partial charge in [-0.05, 0) is 82.6 Å². The summed E-state index contributed by atoms with van der Waals surface area (Å²) < 4.78 is 6.02. The molecule has 3 N–H and O–H groups in total. The highest BCUT2D eigenvalue weighted by atomic mass is 35.5. The predicted molar refractivity (Wildman–Crippen MR) is 108 cm³/mol. The van der Waals surface area contributed by atoms with Gasteiger partial charge in [-0.3, -0.25) is 4.79 Å². The van der Waals surface area contributed by atoms with Gasteiger partial charge in [0.15, 0.2) is 5.60 Å². The number of ether oxygens (including phenoxy) is 1. The van der Waals surface area contributed by atoms with Crippen LogP contribution >= 0.6 is 11.6 Å². The molecule has 2 fully saturated rings. The lowest BCUT2D eigenvalue weighted by Crippen LogP contribution is -2.58. The number of benzene rings is 1. The van der Waals surface area contributed by atoms with Crippen molar-refractivity contribution in [2.75, 3.05) is 0 Å². The van der Waals surface area contributed by atoms with E-state index in [2.05, 4.69) is 5.32 Å². The smallest absolute Gasteiger partial charge is 0.263 e. The fourth-order valence-electron chi connectivity index (χ4n) is 4.27. The van der Waals surface area contributed by atoms with E-state index in [4.69, 9.17) is 22.1 Å². The van der Waals surface area contributed by atoms with E-state index in [-0.39, 0.29) is 24.9 Å². The fourth-order valence-corrected chi connectivity index (χ4v) is 4.50. The monoisotopic (exact) mass is 380 g/mol. The number of carbonyl (C=O) groups is 1. The molecular formula is C21H33ClN2O2. The van der Waals surface area contributed by atoms with E-state index in [0.717, 1.165) is 44.1 Å². The van der Waals surface area contributed by atoms with Crippen molar-refractivity contribution in [2.24, 2.45) is 11.7 Å². The molecule has 2 aliphatic rings. The number of rotatable bonds is 4. The van der Waals surface area contributed by atoms with E-state index in [1.54, 1.807) is 6.07 Å². The highest BCUT2D eigenvalue weighted by molar-refractivity contribution is 6.30. The fraction of sp³-hybridized carbons (Fsp3) is 0.667. The molecule has 0 saturated heterocycles. The Morgan fingerprint density at radius 3 is 2.77 bits per heavy atom. The molecule has 2 unspecified atom stereocenters. The first-order chi connectivity index (χ1) is 11.7. The highest BCUT2D eigenvalue weighted by Crippen LogP contribution is 2.41. The first-order valence-electron chi connectivity index (χ1n) is 9.24. The Hall–Kier alpha value is -1.26. The summed E-state index contributed by atoms with van der Waals surface area (Å²) >= 11 is 6.00.